The Balaban J connectivity index is 1.58. The van der Waals surface area contributed by atoms with Gasteiger partial charge in [-0.25, -0.2) is 0 Å². The highest BCUT2D eigenvalue weighted by Crippen LogP contribution is 2.21. The van der Waals surface area contributed by atoms with Crippen LogP contribution >= 0.6 is 0 Å². The molecule has 26 heavy (non-hydrogen) atoms. The van der Waals surface area contributed by atoms with Gasteiger partial charge in [0.1, 0.15) is 18.1 Å². The van der Waals surface area contributed by atoms with Crippen molar-refractivity contribution in [3.05, 3.63) is 100 Å². The summed E-state index contributed by atoms with van der Waals surface area (Å²) in [5.74, 6) is 1.45. The van der Waals surface area contributed by atoms with Crippen LogP contribution in [0.5, 0.6) is 11.5 Å². The van der Waals surface area contributed by atoms with E-state index in [1.165, 1.54) is 12.1 Å². The first-order valence-corrected chi connectivity index (χ1v) is 7.92. The predicted octanol–water partition coefficient (Wildman–Crippen LogP) is 4.94. The van der Waals surface area contributed by atoms with Crippen molar-refractivity contribution in [1.29, 1.82) is 0 Å². The van der Waals surface area contributed by atoms with Crippen LogP contribution < -0.4 is 4.74 Å². The van der Waals surface area contributed by atoms with Crippen LogP contribution in [0.3, 0.4) is 0 Å². The minimum absolute atomic E-state index is 0.0286. The lowest BCUT2D eigenvalue weighted by atomic mass is 10.2. The molecule has 0 atom stereocenters. The van der Waals surface area contributed by atoms with E-state index < -0.39 is 4.92 Å². The summed E-state index contributed by atoms with van der Waals surface area (Å²) in [5.41, 5.74) is 1.52. The molecule has 0 aliphatic carbocycles. The minimum atomic E-state index is -0.439. The summed E-state index contributed by atoms with van der Waals surface area (Å²) in [7, 11) is 0. The van der Waals surface area contributed by atoms with Crippen LogP contribution in [0, 0.1) is 10.1 Å². The lowest BCUT2D eigenvalue weighted by molar-refractivity contribution is -0.384. The van der Waals surface area contributed by atoms with Gasteiger partial charge in [-0.05, 0) is 35.4 Å². The average molecular weight is 348 g/mol. The summed E-state index contributed by atoms with van der Waals surface area (Å²) >= 11 is 0. The highest BCUT2D eigenvalue weighted by molar-refractivity contribution is 5.79. The van der Waals surface area contributed by atoms with E-state index in [-0.39, 0.29) is 12.3 Å². The maximum Gasteiger partial charge on any atom is 0.269 e. The van der Waals surface area contributed by atoms with Gasteiger partial charge in [-0.15, -0.1) is 0 Å². The van der Waals surface area contributed by atoms with Crippen molar-refractivity contribution in [3.63, 3.8) is 0 Å². The quantitative estimate of drug-likeness (QED) is 0.344. The molecule has 0 bridgehead atoms. The standard InChI is InChI=1S/C20H16N2O4/c23-22(24)18-8-4-7-17(12-18)15-25-21-14-16-6-5-11-20(13-16)26-19-9-2-1-3-10-19/h1-14H,15H2/b21-14-. The number of nitrogens with zero attached hydrogens (tertiary/aromatic N) is 2. The Morgan fingerprint density at radius 1 is 0.923 bits per heavy atom. The molecule has 0 amide bonds. The molecule has 3 aromatic carbocycles. The number of nitro groups is 1. The third-order valence-electron chi connectivity index (χ3n) is 3.47. The number of nitro benzene ring substituents is 1. The summed E-state index contributed by atoms with van der Waals surface area (Å²) in [6.07, 6.45) is 1.56. The highest BCUT2D eigenvalue weighted by atomic mass is 16.6. The van der Waals surface area contributed by atoms with Crippen LogP contribution in [0.2, 0.25) is 0 Å². The number of hydrogen-bond acceptors (Lipinski definition) is 5. The first kappa shape index (κ1) is 17.2. The first-order valence-electron chi connectivity index (χ1n) is 7.92. The van der Waals surface area contributed by atoms with Crippen molar-refractivity contribution < 1.29 is 14.5 Å². The van der Waals surface area contributed by atoms with Gasteiger partial charge in [-0.3, -0.25) is 10.1 Å². The van der Waals surface area contributed by atoms with Crippen LogP contribution in [0.15, 0.2) is 84.0 Å². The van der Waals surface area contributed by atoms with Gasteiger partial charge < -0.3 is 9.57 Å². The fourth-order valence-electron chi connectivity index (χ4n) is 2.25. The van der Waals surface area contributed by atoms with E-state index in [9.17, 15) is 10.1 Å². The SMILES string of the molecule is O=[N+]([O-])c1cccc(CO/N=C\c2cccc(Oc3ccccc3)c2)c1. The van der Waals surface area contributed by atoms with Gasteiger partial charge in [0.15, 0.2) is 0 Å². The van der Waals surface area contributed by atoms with E-state index in [4.69, 9.17) is 9.57 Å². The predicted molar refractivity (Wildman–Crippen MR) is 98.4 cm³/mol. The van der Waals surface area contributed by atoms with Crippen molar-refractivity contribution in [1.82, 2.24) is 0 Å². The van der Waals surface area contributed by atoms with E-state index in [0.29, 0.717) is 11.3 Å². The summed E-state index contributed by atoms with van der Waals surface area (Å²) in [5, 5.41) is 14.7. The molecule has 0 saturated carbocycles. The Hall–Kier alpha value is -3.67. The molecule has 130 valence electrons. The van der Waals surface area contributed by atoms with E-state index in [1.807, 2.05) is 54.6 Å². The molecule has 0 radical (unpaired) electrons. The fourth-order valence-corrected chi connectivity index (χ4v) is 2.25. The molecule has 6 nitrogen and oxygen atoms in total. The van der Waals surface area contributed by atoms with Crippen LogP contribution in [-0.2, 0) is 11.4 Å². The number of para-hydroxylation sites is 1. The van der Waals surface area contributed by atoms with Crippen molar-refractivity contribution >= 4 is 11.9 Å². The average Bonchev–Trinajstić information content (AvgIpc) is 2.67. The molecule has 0 aliphatic heterocycles. The fraction of sp³-hybridized carbons (Fsp3) is 0.0500. The number of non-ortho nitro benzene ring substituents is 1. The van der Waals surface area contributed by atoms with Gasteiger partial charge >= 0.3 is 0 Å². The number of rotatable bonds is 7. The zero-order valence-corrected chi connectivity index (χ0v) is 13.8. The number of hydrogen-bond donors (Lipinski definition) is 0. The summed E-state index contributed by atoms with van der Waals surface area (Å²) in [4.78, 5) is 15.5. The second-order valence-corrected chi connectivity index (χ2v) is 5.42. The van der Waals surface area contributed by atoms with Crippen molar-refractivity contribution in [2.24, 2.45) is 5.16 Å². The van der Waals surface area contributed by atoms with Gasteiger partial charge in [0.2, 0.25) is 0 Å². The molecular formula is C20H16N2O4. The molecule has 0 N–H and O–H groups in total. The number of ether oxygens (including phenoxy) is 1. The Morgan fingerprint density at radius 3 is 2.50 bits per heavy atom. The topological polar surface area (TPSA) is 74.0 Å². The Labute approximate surface area is 150 Å². The lowest BCUT2D eigenvalue weighted by Crippen LogP contribution is -1.92. The van der Waals surface area contributed by atoms with Crippen molar-refractivity contribution in [2.75, 3.05) is 0 Å². The molecule has 0 fully saturated rings. The molecule has 3 aromatic rings. The summed E-state index contributed by atoms with van der Waals surface area (Å²) in [6, 6.07) is 23.2. The third-order valence-corrected chi connectivity index (χ3v) is 3.47. The van der Waals surface area contributed by atoms with Gasteiger partial charge in [-0.1, -0.05) is 47.6 Å². The monoisotopic (exact) mass is 348 g/mol. The van der Waals surface area contributed by atoms with Crippen LogP contribution in [-0.4, -0.2) is 11.1 Å². The van der Waals surface area contributed by atoms with Crippen molar-refractivity contribution in [2.45, 2.75) is 6.61 Å². The minimum Gasteiger partial charge on any atom is -0.457 e. The largest absolute Gasteiger partial charge is 0.457 e. The maximum absolute atomic E-state index is 10.8. The van der Waals surface area contributed by atoms with E-state index in [0.717, 1.165) is 11.3 Å². The smallest absolute Gasteiger partial charge is 0.269 e. The normalized spacial score (nSPS) is 10.6. The van der Waals surface area contributed by atoms with E-state index in [2.05, 4.69) is 5.16 Å². The summed E-state index contributed by atoms with van der Waals surface area (Å²) < 4.78 is 5.76. The molecular weight excluding hydrogens is 332 g/mol. The number of benzene rings is 3. The summed E-state index contributed by atoms with van der Waals surface area (Å²) in [6.45, 7) is 0.151. The van der Waals surface area contributed by atoms with Gasteiger partial charge in [0.25, 0.3) is 5.69 Å². The second kappa shape index (κ2) is 8.43. The molecule has 6 heteroatoms. The zero-order valence-electron chi connectivity index (χ0n) is 13.8. The highest BCUT2D eigenvalue weighted by Gasteiger charge is 2.05. The second-order valence-electron chi connectivity index (χ2n) is 5.42. The number of oxime groups is 1. The zero-order chi connectivity index (χ0) is 18.2. The molecule has 0 saturated heterocycles. The molecule has 0 aromatic heterocycles. The molecule has 0 spiro atoms. The molecule has 0 heterocycles. The third kappa shape index (κ3) is 4.91. The van der Waals surface area contributed by atoms with Crippen LogP contribution in [0.1, 0.15) is 11.1 Å². The van der Waals surface area contributed by atoms with Gasteiger partial charge in [-0.2, -0.15) is 0 Å². The van der Waals surface area contributed by atoms with Crippen LogP contribution in [0.25, 0.3) is 0 Å². The maximum atomic E-state index is 10.8. The Morgan fingerprint density at radius 2 is 1.69 bits per heavy atom. The van der Waals surface area contributed by atoms with E-state index in [1.54, 1.807) is 18.3 Å². The van der Waals surface area contributed by atoms with Gasteiger partial charge in [0.05, 0.1) is 11.1 Å². The molecule has 0 unspecified atom stereocenters. The lowest BCUT2D eigenvalue weighted by Gasteiger charge is -2.05. The van der Waals surface area contributed by atoms with Crippen LogP contribution in [0.4, 0.5) is 5.69 Å². The van der Waals surface area contributed by atoms with Gasteiger partial charge in [0, 0.05) is 12.1 Å². The Kier molecular flexibility index (Phi) is 5.57. The van der Waals surface area contributed by atoms with E-state index >= 15 is 0 Å². The van der Waals surface area contributed by atoms with Crippen molar-refractivity contribution in [3.8, 4) is 11.5 Å². The Bertz CT molecular complexity index is 910. The molecule has 3 rings (SSSR count). The molecule has 0 aliphatic rings. The first-order chi connectivity index (χ1) is 12.7.